The predicted octanol–water partition coefficient (Wildman–Crippen LogP) is 4.84. The van der Waals surface area contributed by atoms with Crippen LogP contribution in [0.1, 0.15) is 44.6 Å². The zero-order valence-corrected chi connectivity index (χ0v) is 20.0. The molecule has 4 rings (SSSR count). The highest BCUT2D eigenvalue weighted by Gasteiger charge is 2.52. The molecule has 2 aromatic rings. The Bertz CT molecular complexity index is 1050. The highest BCUT2D eigenvalue weighted by Crippen LogP contribution is 2.51. The molecule has 2 fully saturated rings. The van der Waals surface area contributed by atoms with E-state index in [1.807, 2.05) is 6.07 Å². The number of primary amides is 1. The Hall–Kier alpha value is -2.87. The van der Waals surface area contributed by atoms with E-state index < -0.39 is 17.7 Å². The van der Waals surface area contributed by atoms with Gasteiger partial charge in [-0.1, -0.05) is 13.0 Å². The normalized spacial score (nSPS) is 24.5. The summed E-state index contributed by atoms with van der Waals surface area (Å²) in [5, 5.41) is 0. The van der Waals surface area contributed by atoms with E-state index >= 15 is 0 Å². The predicted molar refractivity (Wildman–Crippen MR) is 128 cm³/mol. The van der Waals surface area contributed by atoms with Gasteiger partial charge in [-0.25, -0.2) is 13.6 Å². The molecule has 0 spiro atoms. The number of amides is 2. The number of hydrogen-bond donors (Lipinski definition) is 1. The molecule has 2 aliphatic rings. The van der Waals surface area contributed by atoms with E-state index in [9.17, 15) is 13.6 Å². The van der Waals surface area contributed by atoms with Gasteiger partial charge in [0, 0.05) is 29.3 Å². The number of hydrogen-bond acceptors (Lipinski definition) is 4. The molecule has 3 atom stereocenters. The molecule has 34 heavy (non-hydrogen) atoms. The van der Waals surface area contributed by atoms with E-state index in [0.717, 1.165) is 44.5 Å². The van der Waals surface area contributed by atoms with Crippen LogP contribution in [-0.4, -0.2) is 50.3 Å². The van der Waals surface area contributed by atoms with Crippen LogP contribution in [0.25, 0.3) is 0 Å². The molecule has 1 heterocycles. The largest absolute Gasteiger partial charge is 0.493 e. The average Bonchev–Trinajstić information content (AvgIpc) is 3.20. The number of carbonyl (C=O) groups is 1. The number of nitrogens with two attached hydrogens (primary N) is 1. The number of methoxy groups -OCH3 is 2. The summed E-state index contributed by atoms with van der Waals surface area (Å²) in [5.74, 6) is -0.554. The highest BCUT2D eigenvalue weighted by atomic mass is 19.2. The average molecular weight is 474 g/mol. The third-order valence-corrected chi connectivity index (χ3v) is 7.60. The quantitative estimate of drug-likeness (QED) is 0.625. The number of urea groups is 1. The van der Waals surface area contributed by atoms with Gasteiger partial charge in [0.05, 0.1) is 14.2 Å². The van der Waals surface area contributed by atoms with Crippen LogP contribution in [0, 0.1) is 11.6 Å². The number of ether oxygens (including phenoxy) is 2. The van der Waals surface area contributed by atoms with Crippen LogP contribution in [0.4, 0.5) is 19.3 Å². The van der Waals surface area contributed by atoms with Crippen LogP contribution in [-0.2, 0) is 5.41 Å². The summed E-state index contributed by atoms with van der Waals surface area (Å²) < 4.78 is 38.5. The second-order valence-corrected chi connectivity index (χ2v) is 9.26. The lowest BCUT2D eigenvalue weighted by atomic mass is 9.64. The lowest BCUT2D eigenvalue weighted by Gasteiger charge is -2.47. The summed E-state index contributed by atoms with van der Waals surface area (Å²) in [6, 6.07) is 8.95. The van der Waals surface area contributed by atoms with E-state index in [-0.39, 0.29) is 23.2 Å². The fourth-order valence-corrected chi connectivity index (χ4v) is 6.05. The van der Waals surface area contributed by atoms with Crippen molar-refractivity contribution in [3.05, 3.63) is 53.6 Å². The number of fused-ring (bicyclic) bond motifs is 1. The lowest BCUT2D eigenvalue weighted by Crippen LogP contribution is -2.55. The Morgan fingerprint density at radius 3 is 2.53 bits per heavy atom. The monoisotopic (exact) mass is 473 g/mol. The van der Waals surface area contributed by atoms with Gasteiger partial charge in [-0.15, -0.1) is 0 Å². The lowest BCUT2D eigenvalue weighted by molar-refractivity contribution is 0.143. The van der Waals surface area contributed by atoms with E-state index in [1.54, 1.807) is 14.2 Å². The van der Waals surface area contributed by atoms with Crippen LogP contribution in [0.3, 0.4) is 0 Å². The van der Waals surface area contributed by atoms with Crippen molar-refractivity contribution in [2.45, 2.75) is 56.5 Å². The van der Waals surface area contributed by atoms with Gasteiger partial charge in [-0.05, 0) is 75.0 Å². The molecular weight excluding hydrogens is 440 g/mol. The van der Waals surface area contributed by atoms with Gasteiger partial charge in [0.25, 0.3) is 0 Å². The Morgan fingerprint density at radius 1 is 1.12 bits per heavy atom. The first-order valence-electron chi connectivity index (χ1n) is 11.8. The van der Waals surface area contributed by atoms with Crippen molar-refractivity contribution in [1.29, 1.82) is 0 Å². The standard InChI is InChI=1S/C26H33F2N3O3/c1-4-12-30-13-11-26(17-5-8-22(33-2)23(14-17)34-3)10-9-19(16-24(26)30)31(25(29)32)18-6-7-20(27)21(28)15-18/h5-8,14-15,19,24H,4,9-13,16H2,1-3H3,(H2,29,32)/t19-,24+,26+/m1/s1. The molecule has 6 nitrogen and oxygen atoms in total. The molecular formula is C26H33F2N3O3. The molecule has 0 radical (unpaired) electrons. The maximum absolute atomic E-state index is 14.0. The molecule has 0 aromatic heterocycles. The third-order valence-electron chi connectivity index (χ3n) is 7.60. The number of likely N-dealkylation sites (tertiary alicyclic amines) is 1. The topological polar surface area (TPSA) is 68.0 Å². The molecule has 2 amide bonds. The van der Waals surface area contributed by atoms with Gasteiger partial charge < -0.3 is 15.2 Å². The minimum absolute atomic E-state index is 0.0947. The minimum atomic E-state index is -0.993. The number of rotatable bonds is 7. The van der Waals surface area contributed by atoms with E-state index in [2.05, 4.69) is 24.0 Å². The van der Waals surface area contributed by atoms with E-state index in [4.69, 9.17) is 15.2 Å². The summed E-state index contributed by atoms with van der Waals surface area (Å²) in [7, 11) is 3.26. The van der Waals surface area contributed by atoms with Crippen molar-refractivity contribution in [3.63, 3.8) is 0 Å². The van der Waals surface area contributed by atoms with Crippen molar-refractivity contribution in [2.75, 3.05) is 32.2 Å². The van der Waals surface area contributed by atoms with Crippen molar-refractivity contribution in [1.82, 2.24) is 4.90 Å². The van der Waals surface area contributed by atoms with Crippen LogP contribution in [0.2, 0.25) is 0 Å². The molecule has 0 unspecified atom stereocenters. The zero-order chi connectivity index (χ0) is 24.5. The zero-order valence-electron chi connectivity index (χ0n) is 20.0. The second kappa shape index (κ2) is 9.78. The van der Waals surface area contributed by atoms with Gasteiger partial charge in [-0.3, -0.25) is 9.80 Å². The fourth-order valence-electron chi connectivity index (χ4n) is 6.05. The SMILES string of the molecule is CCCN1CC[C@]2(c3ccc(OC)c(OC)c3)CC[C@@H](N(C(N)=O)c3ccc(F)c(F)c3)C[C@H]12. The van der Waals surface area contributed by atoms with Crippen LogP contribution in [0.5, 0.6) is 11.5 Å². The molecule has 8 heteroatoms. The first kappa shape index (κ1) is 24.3. The number of nitrogens with zero attached hydrogens (tertiary/aromatic N) is 2. The van der Waals surface area contributed by atoms with E-state index in [1.165, 1.54) is 16.5 Å². The summed E-state index contributed by atoms with van der Waals surface area (Å²) in [5.41, 5.74) is 7.15. The Labute approximate surface area is 199 Å². The first-order chi connectivity index (χ1) is 16.3. The minimum Gasteiger partial charge on any atom is -0.493 e. The van der Waals surface area contributed by atoms with Gasteiger partial charge in [0.15, 0.2) is 23.1 Å². The summed E-state index contributed by atoms with van der Waals surface area (Å²) in [4.78, 5) is 16.4. The number of carbonyl (C=O) groups excluding carboxylic acids is 1. The number of benzene rings is 2. The van der Waals surface area contributed by atoms with Gasteiger partial charge in [0.2, 0.25) is 0 Å². The summed E-state index contributed by atoms with van der Waals surface area (Å²) in [6.45, 7) is 4.07. The molecule has 2 aromatic carbocycles. The molecule has 184 valence electrons. The van der Waals surface area contributed by atoms with E-state index in [0.29, 0.717) is 24.3 Å². The number of anilines is 1. The maximum Gasteiger partial charge on any atom is 0.319 e. The van der Waals surface area contributed by atoms with Crippen molar-refractivity contribution in [2.24, 2.45) is 5.73 Å². The second-order valence-electron chi connectivity index (χ2n) is 9.26. The molecule has 1 saturated heterocycles. The summed E-state index contributed by atoms with van der Waals surface area (Å²) >= 11 is 0. The van der Waals surface area contributed by atoms with Crippen LogP contribution in [0.15, 0.2) is 36.4 Å². The van der Waals surface area contributed by atoms with Crippen LogP contribution >= 0.6 is 0 Å². The van der Waals surface area contributed by atoms with Crippen molar-refractivity contribution in [3.8, 4) is 11.5 Å². The third kappa shape index (κ3) is 4.19. The van der Waals surface area contributed by atoms with Gasteiger partial charge in [0.1, 0.15) is 0 Å². The molecule has 0 bridgehead atoms. The highest BCUT2D eigenvalue weighted by molar-refractivity contribution is 5.91. The van der Waals surface area contributed by atoms with Crippen molar-refractivity contribution < 1.29 is 23.0 Å². The maximum atomic E-state index is 14.0. The molecule has 1 aliphatic carbocycles. The summed E-state index contributed by atoms with van der Waals surface area (Å²) in [6.07, 6.45) is 4.25. The van der Waals surface area contributed by atoms with Gasteiger partial charge >= 0.3 is 6.03 Å². The first-order valence-corrected chi connectivity index (χ1v) is 11.8. The van der Waals surface area contributed by atoms with Crippen LogP contribution < -0.4 is 20.1 Å². The smallest absolute Gasteiger partial charge is 0.319 e. The Morgan fingerprint density at radius 2 is 1.88 bits per heavy atom. The molecule has 1 saturated carbocycles. The fraction of sp³-hybridized carbons (Fsp3) is 0.500. The molecule has 1 aliphatic heterocycles. The Balaban J connectivity index is 1.70. The van der Waals surface area contributed by atoms with Gasteiger partial charge in [-0.2, -0.15) is 0 Å². The molecule has 2 N–H and O–H groups in total. The Kier molecular flexibility index (Phi) is 6.98. The van der Waals surface area contributed by atoms with Crippen molar-refractivity contribution >= 4 is 11.7 Å². The number of halogens is 2.